The summed E-state index contributed by atoms with van der Waals surface area (Å²) < 4.78 is 0. The average molecular weight is 139 g/mol. The van der Waals surface area contributed by atoms with Gasteiger partial charge in [-0.3, -0.25) is 0 Å². The van der Waals surface area contributed by atoms with Crippen LogP contribution in [0.1, 0.15) is 13.3 Å². The van der Waals surface area contributed by atoms with Gasteiger partial charge in [-0.05, 0) is 17.9 Å². The summed E-state index contributed by atoms with van der Waals surface area (Å²) in [5.41, 5.74) is 3.31. The van der Waals surface area contributed by atoms with Crippen LogP contribution in [0.3, 0.4) is 0 Å². The van der Waals surface area contributed by atoms with E-state index < -0.39 is 0 Å². The molecule has 1 aliphatic rings. The van der Waals surface area contributed by atoms with Gasteiger partial charge >= 0.3 is 0 Å². The van der Waals surface area contributed by atoms with Crippen molar-refractivity contribution in [3.63, 3.8) is 0 Å². The van der Waals surface area contributed by atoms with E-state index in [0.29, 0.717) is 12.5 Å². The summed E-state index contributed by atoms with van der Waals surface area (Å²) in [5.74, 6) is 0.619. The molecule has 10 heavy (non-hydrogen) atoms. The van der Waals surface area contributed by atoms with Crippen LogP contribution >= 0.6 is 0 Å². The molecule has 0 aromatic carbocycles. The largest absolute Gasteiger partial charge is 0.316 e. The molecule has 0 radical (unpaired) electrons. The van der Waals surface area contributed by atoms with Crippen molar-refractivity contribution in [2.45, 2.75) is 13.3 Å². The molecule has 1 rings (SSSR count). The zero-order valence-corrected chi connectivity index (χ0v) is 6.17. The normalized spacial score (nSPS) is 24.6. The molecule has 2 N–H and O–H groups in total. The molecule has 0 amide bonds. The van der Waals surface area contributed by atoms with E-state index in [9.17, 15) is 0 Å². The molecule has 1 atom stereocenters. The zero-order valence-electron chi connectivity index (χ0n) is 6.17. The molecule has 0 aliphatic heterocycles. The van der Waals surface area contributed by atoms with E-state index in [1.807, 2.05) is 6.08 Å². The Morgan fingerprint density at radius 3 is 3.20 bits per heavy atom. The lowest BCUT2D eigenvalue weighted by atomic mass is 9.98. The summed E-state index contributed by atoms with van der Waals surface area (Å²) in [4.78, 5) is 0. The zero-order chi connectivity index (χ0) is 7.40. The van der Waals surface area contributed by atoms with Crippen LogP contribution in [0.5, 0.6) is 0 Å². The monoisotopic (exact) mass is 139 g/mol. The first kappa shape index (κ1) is 7.51. The molecule has 0 saturated heterocycles. The summed E-state index contributed by atoms with van der Waals surface area (Å²) >= 11 is 0. The standard InChI is InChI=1S/C8H13NO/c1-7-3-2-4-8(5-7)6-9-10/h2,4-5,7,9-10H,3,6H2,1H3. The first-order chi connectivity index (χ1) is 4.83. The van der Waals surface area contributed by atoms with Gasteiger partial charge in [0.15, 0.2) is 0 Å². The highest BCUT2D eigenvalue weighted by Gasteiger charge is 2.02. The Labute approximate surface area is 61.2 Å². The molecule has 0 heterocycles. The summed E-state index contributed by atoms with van der Waals surface area (Å²) in [6, 6.07) is 0. The third kappa shape index (κ3) is 1.97. The smallest absolute Gasteiger partial charge is 0.0454 e. The fourth-order valence-corrected chi connectivity index (χ4v) is 1.13. The molecule has 0 aromatic heterocycles. The SMILES string of the molecule is CC1C=C(CNO)C=CC1. The van der Waals surface area contributed by atoms with E-state index in [0.717, 1.165) is 6.42 Å². The Bertz CT molecular complexity index is 161. The molecule has 0 fully saturated rings. The van der Waals surface area contributed by atoms with E-state index in [2.05, 4.69) is 24.6 Å². The van der Waals surface area contributed by atoms with Crippen LogP contribution in [0.25, 0.3) is 0 Å². The van der Waals surface area contributed by atoms with Gasteiger partial charge in [0.2, 0.25) is 0 Å². The van der Waals surface area contributed by atoms with Gasteiger partial charge in [-0.25, -0.2) is 5.48 Å². The van der Waals surface area contributed by atoms with Gasteiger partial charge in [0.25, 0.3) is 0 Å². The topological polar surface area (TPSA) is 32.3 Å². The van der Waals surface area contributed by atoms with E-state index in [1.165, 1.54) is 5.57 Å². The van der Waals surface area contributed by atoms with Crippen LogP contribution < -0.4 is 5.48 Å². The van der Waals surface area contributed by atoms with Gasteiger partial charge in [-0.1, -0.05) is 25.2 Å². The lowest BCUT2D eigenvalue weighted by molar-refractivity contribution is 0.177. The fraction of sp³-hybridized carbons (Fsp3) is 0.500. The summed E-state index contributed by atoms with van der Waals surface area (Å²) in [6.45, 7) is 2.72. The summed E-state index contributed by atoms with van der Waals surface area (Å²) in [5, 5.41) is 8.38. The predicted octanol–water partition coefficient (Wildman–Crippen LogP) is 1.49. The number of hydrogen-bond acceptors (Lipinski definition) is 2. The molecule has 56 valence electrons. The Kier molecular flexibility index (Phi) is 2.66. The minimum atomic E-state index is 0.556. The molecule has 1 unspecified atom stereocenters. The maximum atomic E-state index is 8.38. The number of rotatable bonds is 2. The van der Waals surface area contributed by atoms with Gasteiger partial charge in [0.05, 0.1) is 0 Å². The van der Waals surface area contributed by atoms with E-state index >= 15 is 0 Å². The molecule has 2 nitrogen and oxygen atoms in total. The molecule has 0 spiro atoms. The highest BCUT2D eigenvalue weighted by molar-refractivity contribution is 5.24. The highest BCUT2D eigenvalue weighted by Crippen LogP contribution is 2.14. The Hall–Kier alpha value is -0.600. The quantitative estimate of drug-likeness (QED) is 0.568. The van der Waals surface area contributed by atoms with Crippen molar-refractivity contribution in [2.24, 2.45) is 5.92 Å². The first-order valence-electron chi connectivity index (χ1n) is 3.57. The summed E-state index contributed by atoms with van der Waals surface area (Å²) in [6.07, 6.45) is 7.47. The van der Waals surface area contributed by atoms with Gasteiger partial charge in [0, 0.05) is 6.54 Å². The number of hydrogen-bond donors (Lipinski definition) is 2. The second kappa shape index (κ2) is 3.54. The third-order valence-electron chi connectivity index (χ3n) is 1.62. The highest BCUT2D eigenvalue weighted by atomic mass is 16.5. The molecule has 0 aromatic rings. The van der Waals surface area contributed by atoms with Crippen molar-refractivity contribution in [3.8, 4) is 0 Å². The van der Waals surface area contributed by atoms with Gasteiger partial charge in [-0.15, -0.1) is 0 Å². The van der Waals surface area contributed by atoms with Crippen LogP contribution in [0.4, 0.5) is 0 Å². The molecule has 2 heteroatoms. The van der Waals surface area contributed by atoms with Gasteiger partial charge in [-0.2, -0.15) is 0 Å². The van der Waals surface area contributed by atoms with Crippen molar-refractivity contribution >= 4 is 0 Å². The van der Waals surface area contributed by atoms with Crippen molar-refractivity contribution in [1.29, 1.82) is 0 Å². The van der Waals surface area contributed by atoms with Crippen molar-refractivity contribution < 1.29 is 5.21 Å². The Balaban J connectivity index is 2.49. The molecular formula is C8H13NO. The fourth-order valence-electron chi connectivity index (χ4n) is 1.13. The molecule has 0 saturated carbocycles. The predicted molar refractivity (Wildman–Crippen MR) is 40.8 cm³/mol. The number of nitrogens with one attached hydrogen (secondary N) is 1. The van der Waals surface area contributed by atoms with Crippen LogP contribution in [0.2, 0.25) is 0 Å². The third-order valence-corrected chi connectivity index (χ3v) is 1.62. The Morgan fingerprint density at radius 2 is 2.60 bits per heavy atom. The number of allylic oxidation sites excluding steroid dienone is 2. The molecule has 0 bridgehead atoms. The Morgan fingerprint density at radius 1 is 1.80 bits per heavy atom. The van der Waals surface area contributed by atoms with E-state index in [1.54, 1.807) is 0 Å². The molecular weight excluding hydrogens is 126 g/mol. The number of hydroxylamine groups is 1. The van der Waals surface area contributed by atoms with Crippen molar-refractivity contribution in [3.05, 3.63) is 23.8 Å². The maximum absolute atomic E-state index is 8.38. The van der Waals surface area contributed by atoms with E-state index in [4.69, 9.17) is 5.21 Å². The minimum Gasteiger partial charge on any atom is -0.316 e. The molecule has 1 aliphatic carbocycles. The van der Waals surface area contributed by atoms with Crippen LogP contribution in [0, 0.1) is 5.92 Å². The van der Waals surface area contributed by atoms with Crippen molar-refractivity contribution in [2.75, 3.05) is 6.54 Å². The van der Waals surface area contributed by atoms with Crippen LogP contribution in [-0.2, 0) is 0 Å². The maximum Gasteiger partial charge on any atom is 0.0454 e. The second-order valence-corrected chi connectivity index (χ2v) is 2.69. The van der Waals surface area contributed by atoms with E-state index in [-0.39, 0.29) is 0 Å². The lowest BCUT2D eigenvalue weighted by Crippen LogP contribution is -2.12. The van der Waals surface area contributed by atoms with Crippen LogP contribution in [0.15, 0.2) is 23.8 Å². The summed E-state index contributed by atoms with van der Waals surface area (Å²) in [7, 11) is 0. The van der Waals surface area contributed by atoms with Crippen molar-refractivity contribution in [1.82, 2.24) is 5.48 Å². The van der Waals surface area contributed by atoms with Gasteiger partial charge < -0.3 is 5.21 Å². The van der Waals surface area contributed by atoms with Crippen LogP contribution in [-0.4, -0.2) is 11.8 Å². The first-order valence-corrected chi connectivity index (χ1v) is 3.57. The van der Waals surface area contributed by atoms with Gasteiger partial charge in [0.1, 0.15) is 0 Å². The second-order valence-electron chi connectivity index (χ2n) is 2.69. The lowest BCUT2D eigenvalue weighted by Gasteiger charge is -2.10. The average Bonchev–Trinajstić information content (AvgIpc) is 1.88. The minimum absolute atomic E-state index is 0.556.